The van der Waals surface area contributed by atoms with Crippen molar-refractivity contribution in [3.8, 4) is 11.3 Å². The molecule has 2 heterocycles. The zero-order valence-electron chi connectivity index (χ0n) is 28.0. The van der Waals surface area contributed by atoms with E-state index in [0.717, 1.165) is 6.07 Å². The van der Waals surface area contributed by atoms with Crippen LogP contribution < -0.4 is 10.9 Å². The lowest BCUT2D eigenvalue weighted by Crippen LogP contribution is -2.31. The number of carbonyl (C=O) groups is 2. The van der Waals surface area contributed by atoms with Crippen molar-refractivity contribution in [2.45, 2.75) is 24.6 Å². The van der Waals surface area contributed by atoms with Crippen LogP contribution in [-0.4, -0.2) is 121 Å². The predicted octanol–water partition coefficient (Wildman–Crippen LogP) is 2.82. The number of H-pyrrole nitrogens is 1. The van der Waals surface area contributed by atoms with Gasteiger partial charge in [-0.2, -0.15) is 13.2 Å². The van der Waals surface area contributed by atoms with E-state index >= 15 is 0 Å². The van der Waals surface area contributed by atoms with Crippen molar-refractivity contribution in [1.82, 2.24) is 10.3 Å². The summed E-state index contributed by atoms with van der Waals surface area (Å²) in [6.45, 7) is 3.63. The highest BCUT2D eigenvalue weighted by atomic mass is 19.4. The van der Waals surface area contributed by atoms with E-state index in [0.29, 0.717) is 76.8 Å². The number of ether oxygens (including phenoxy) is 7. The molecule has 0 aliphatic carbocycles. The van der Waals surface area contributed by atoms with Gasteiger partial charge in [0.15, 0.2) is 0 Å². The third kappa shape index (κ3) is 13.0. The average Bonchev–Trinajstić information content (AvgIpc) is 3.49. The van der Waals surface area contributed by atoms with Crippen molar-refractivity contribution >= 4 is 22.6 Å². The van der Waals surface area contributed by atoms with Crippen LogP contribution in [0, 0.1) is 0 Å². The largest absolute Gasteiger partial charge is 0.462 e. The number of aromatic nitrogens is 1. The molecule has 0 spiro atoms. The molecule has 4 rings (SSSR count). The van der Waals surface area contributed by atoms with Gasteiger partial charge in [0.05, 0.1) is 96.8 Å². The first kappa shape index (κ1) is 39.9. The molecule has 1 saturated heterocycles. The number of nitrogens with one attached hydrogen (secondary N) is 2. The van der Waals surface area contributed by atoms with Crippen LogP contribution in [0.2, 0.25) is 0 Å². The number of hydrogen-bond acceptors (Lipinski definition) is 11. The Kier molecular flexibility index (Phi) is 16.3. The normalized spacial score (nSPS) is 16.1. The fraction of sp³-hybridized carbons (Fsp3) is 0.514. The number of aromatic amines is 1. The molecule has 2 atom stereocenters. The maximum Gasteiger partial charge on any atom is 0.417 e. The van der Waals surface area contributed by atoms with Crippen LogP contribution in [0.4, 0.5) is 13.2 Å². The molecule has 1 aliphatic heterocycles. The summed E-state index contributed by atoms with van der Waals surface area (Å²) in [4.78, 5) is 40.4. The number of esters is 1. The van der Waals surface area contributed by atoms with Crippen molar-refractivity contribution in [3.63, 3.8) is 0 Å². The molecule has 3 aromatic rings. The maximum absolute atomic E-state index is 13.6. The molecular formula is C35H43F3N2O11. The van der Waals surface area contributed by atoms with Crippen molar-refractivity contribution in [1.29, 1.82) is 0 Å². The Morgan fingerprint density at radius 2 is 1.37 bits per heavy atom. The third-order valence-corrected chi connectivity index (χ3v) is 7.74. The van der Waals surface area contributed by atoms with Crippen molar-refractivity contribution < 1.29 is 61.0 Å². The van der Waals surface area contributed by atoms with E-state index in [1.807, 2.05) is 0 Å². The minimum Gasteiger partial charge on any atom is -0.462 e. The Hall–Kier alpha value is -3.90. The molecular weight excluding hydrogens is 681 g/mol. The second-order valence-electron chi connectivity index (χ2n) is 11.4. The van der Waals surface area contributed by atoms with Crippen LogP contribution in [0.15, 0.2) is 53.3 Å². The summed E-state index contributed by atoms with van der Waals surface area (Å²) >= 11 is 0. The van der Waals surface area contributed by atoms with Crippen LogP contribution in [0.5, 0.6) is 0 Å². The fourth-order valence-corrected chi connectivity index (χ4v) is 5.31. The second kappa shape index (κ2) is 20.8. The molecule has 13 nitrogen and oxygen atoms in total. The van der Waals surface area contributed by atoms with Crippen LogP contribution in [-0.2, 0) is 48.9 Å². The van der Waals surface area contributed by atoms with Gasteiger partial charge in [-0.1, -0.05) is 30.3 Å². The van der Waals surface area contributed by atoms with E-state index in [9.17, 15) is 27.6 Å². The molecule has 0 saturated carbocycles. The molecule has 16 heteroatoms. The fourth-order valence-electron chi connectivity index (χ4n) is 5.31. The summed E-state index contributed by atoms with van der Waals surface area (Å²) in [7, 11) is 0. The number of aliphatic hydroxyl groups excluding tert-OH is 1. The minimum atomic E-state index is -4.60. The number of aliphatic hydroxyl groups is 1. The van der Waals surface area contributed by atoms with Gasteiger partial charge in [-0.05, 0) is 35.6 Å². The maximum atomic E-state index is 13.6. The number of rotatable bonds is 23. The van der Waals surface area contributed by atoms with Crippen LogP contribution in [0.1, 0.15) is 23.5 Å². The SMILES string of the molecule is O=C(COCCOCCOCCOCCOCCOCCO)OCC1C[C@@H](c2ccc3cc(-c4ccccc4C(F)(F)F)[nH]c(=O)c3c2)C(=O)N1. The smallest absolute Gasteiger partial charge is 0.417 e. The highest BCUT2D eigenvalue weighted by molar-refractivity contribution is 5.90. The minimum absolute atomic E-state index is 0.0120. The highest BCUT2D eigenvalue weighted by Crippen LogP contribution is 2.37. The van der Waals surface area contributed by atoms with Gasteiger partial charge in [0.25, 0.3) is 5.56 Å². The van der Waals surface area contributed by atoms with E-state index in [4.69, 9.17) is 38.3 Å². The highest BCUT2D eigenvalue weighted by Gasteiger charge is 2.35. The molecule has 1 unspecified atom stereocenters. The van der Waals surface area contributed by atoms with Crippen LogP contribution >= 0.6 is 0 Å². The standard InChI is InChI=1S/C35H43F3N2O11/c36-35(37,38)30-4-2-1-3-27(30)31-20-25-6-5-24(19-28(25)34(44)40-31)29-21-26(39-33(29)43)22-51-32(42)23-50-18-17-49-16-15-48-14-13-47-12-11-46-10-9-45-8-7-41/h1-6,19-20,26,29,41H,7-18,21-23H2,(H,39,43)(H,40,44)/t26?,29-/m0/s1. The van der Waals surface area contributed by atoms with Gasteiger partial charge in [-0.25, -0.2) is 4.79 Å². The summed E-state index contributed by atoms with van der Waals surface area (Å²) in [5, 5.41) is 12.0. The molecule has 3 N–H and O–H groups in total. The quantitative estimate of drug-likeness (QED) is 0.0974. The molecule has 280 valence electrons. The number of pyridine rings is 1. The van der Waals surface area contributed by atoms with Gasteiger partial charge in [-0.15, -0.1) is 0 Å². The zero-order valence-corrected chi connectivity index (χ0v) is 28.0. The Morgan fingerprint density at radius 1 is 0.784 bits per heavy atom. The third-order valence-electron chi connectivity index (χ3n) is 7.74. The van der Waals surface area contributed by atoms with Gasteiger partial charge in [0.1, 0.15) is 13.2 Å². The van der Waals surface area contributed by atoms with E-state index < -0.39 is 35.2 Å². The first-order valence-electron chi connectivity index (χ1n) is 16.5. The van der Waals surface area contributed by atoms with Crippen molar-refractivity contribution in [3.05, 3.63) is 70.0 Å². The molecule has 1 fully saturated rings. The average molecular weight is 725 g/mol. The molecule has 0 radical (unpaired) electrons. The zero-order chi connectivity index (χ0) is 36.5. The van der Waals surface area contributed by atoms with Crippen molar-refractivity contribution in [2.24, 2.45) is 0 Å². The lowest BCUT2D eigenvalue weighted by atomic mass is 9.93. The van der Waals surface area contributed by atoms with Crippen LogP contribution in [0.3, 0.4) is 0 Å². The molecule has 2 aromatic carbocycles. The first-order chi connectivity index (χ1) is 24.7. The Bertz CT molecular complexity index is 1600. The van der Waals surface area contributed by atoms with Gasteiger partial charge in [0.2, 0.25) is 5.91 Å². The molecule has 0 bridgehead atoms. The van der Waals surface area contributed by atoms with Gasteiger partial charge in [0, 0.05) is 16.6 Å². The van der Waals surface area contributed by atoms with E-state index in [1.165, 1.54) is 24.3 Å². The summed E-state index contributed by atoms with van der Waals surface area (Å²) in [6, 6.07) is 10.8. The summed E-state index contributed by atoms with van der Waals surface area (Å²) in [5.74, 6) is -1.51. The van der Waals surface area contributed by atoms with Crippen LogP contribution in [0.25, 0.3) is 22.0 Å². The van der Waals surface area contributed by atoms with Crippen molar-refractivity contribution in [2.75, 3.05) is 92.5 Å². The number of hydrogen-bond donors (Lipinski definition) is 3. The van der Waals surface area contributed by atoms with E-state index in [1.54, 1.807) is 18.2 Å². The number of carbonyl (C=O) groups excluding carboxylic acids is 2. The van der Waals surface area contributed by atoms with E-state index in [2.05, 4.69) is 10.3 Å². The predicted molar refractivity (Wildman–Crippen MR) is 177 cm³/mol. The van der Waals surface area contributed by atoms with Gasteiger partial charge < -0.3 is 48.6 Å². The Labute approximate surface area is 292 Å². The van der Waals surface area contributed by atoms with Gasteiger partial charge >= 0.3 is 12.1 Å². The number of alkyl halides is 3. The first-order valence-corrected chi connectivity index (χ1v) is 16.5. The lowest BCUT2D eigenvalue weighted by molar-refractivity contribution is -0.150. The second-order valence-corrected chi connectivity index (χ2v) is 11.4. The Balaban J connectivity index is 1.08. The molecule has 1 amide bonds. The van der Waals surface area contributed by atoms with E-state index in [-0.39, 0.29) is 55.6 Å². The number of amides is 1. The molecule has 1 aromatic heterocycles. The van der Waals surface area contributed by atoms with Gasteiger partial charge in [-0.3, -0.25) is 9.59 Å². The molecule has 51 heavy (non-hydrogen) atoms. The number of benzene rings is 2. The monoisotopic (exact) mass is 724 g/mol. The number of fused-ring (bicyclic) bond motifs is 1. The lowest BCUT2D eigenvalue weighted by Gasteiger charge is -2.14. The topological polar surface area (TPSA) is 164 Å². The molecule has 1 aliphatic rings. The summed E-state index contributed by atoms with van der Waals surface area (Å²) < 4.78 is 77.8. The Morgan fingerprint density at radius 3 is 1.98 bits per heavy atom. The summed E-state index contributed by atoms with van der Waals surface area (Å²) in [5.41, 5.74) is -0.992. The number of halogens is 3. The summed E-state index contributed by atoms with van der Waals surface area (Å²) in [6.07, 6.45) is -4.29.